The van der Waals surface area contributed by atoms with E-state index in [0.717, 1.165) is 29.1 Å². The summed E-state index contributed by atoms with van der Waals surface area (Å²) in [6.07, 6.45) is 0. The summed E-state index contributed by atoms with van der Waals surface area (Å²) in [5.74, 6) is 0. The SMILES string of the molecule is Clc1ccc(Br)c([C@@H]2CNCCN2)c1. The van der Waals surface area contributed by atoms with Crippen LogP contribution in [0.25, 0.3) is 0 Å². The first-order chi connectivity index (χ1) is 6.77. The van der Waals surface area contributed by atoms with Gasteiger partial charge < -0.3 is 10.6 Å². The first kappa shape index (κ1) is 10.4. The zero-order valence-corrected chi connectivity index (χ0v) is 10.0. The Balaban J connectivity index is 2.24. The average Bonchev–Trinajstić information content (AvgIpc) is 2.23. The maximum atomic E-state index is 5.97. The van der Waals surface area contributed by atoms with Crippen LogP contribution in [0.4, 0.5) is 0 Å². The van der Waals surface area contributed by atoms with Crippen molar-refractivity contribution in [3.63, 3.8) is 0 Å². The first-order valence-electron chi connectivity index (χ1n) is 4.66. The number of rotatable bonds is 1. The Kier molecular flexibility index (Phi) is 3.44. The fraction of sp³-hybridized carbons (Fsp3) is 0.400. The van der Waals surface area contributed by atoms with Gasteiger partial charge in [0.15, 0.2) is 0 Å². The van der Waals surface area contributed by atoms with Crippen molar-refractivity contribution in [2.45, 2.75) is 6.04 Å². The lowest BCUT2D eigenvalue weighted by molar-refractivity contribution is 0.429. The molecule has 2 rings (SSSR count). The number of piperazine rings is 1. The molecule has 1 aromatic rings. The Morgan fingerprint density at radius 2 is 2.21 bits per heavy atom. The summed E-state index contributed by atoms with van der Waals surface area (Å²) < 4.78 is 1.11. The summed E-state index contributed by atoms with van der Waals surface area (Å²) in [5, 5.41) is 7.59. The molecule has 0 amide bonds. The molecule has 1 saturated heterocycles. The van der Waals surface area contributed by atoms with E-state index in [0.29, 0.717) is 6.04 Å². The van der Waals surface area contributed by atoms with Gasteiger partial charge in [0, 0.05) is 35.2 Å². The van der Waals surface area contributed by atoms with Gasteiger partial charge in [0.1, 0.15) is 0 Å². The van der Waals surface area contributed by atoms with Crippen molar-refractivity contribution in [2.24, 2.45) is 0 Å². The number of benzene rings is 1. The van der Waals surface area contributed by atoms with E-state index in [1.54, 1.807) is 0 Å². The quantitative estimate of drug-likeness (QED) is 0.822. The van der Waals surface area contributed by atoms with Gasteiger partial charge in [-0.05, 0) is 23.8 Å². The van der Waals surface area contributed by atoms with Crippen LogP contribution in [-0.4, -0.2) is 19.6 Å². The van der Waals surface area contributed by atoms with Crippen molar-refractivity contribution in [1.82, 2.24) is 10.6 Å². The van der Waals surface area contributed by atoms with Crippen molar-refractivity contribution in [1.29, 1.82) is 0 Å². The second-order valence-corrected chi connectivity index (χ2v) is 4.67. The second-order valence-electron chi connectivity index (χ2n) is 3.38. The maximum absolute atomic E-state index is 5.97. The zero-order valence-electron chi connectivity index (χ0n) is 7.69. The van der Waals surface area contributed by atoms with Crippen molar-refractivity contribution in [3.05, 3.63) is 33.3 Å². The molecule has 2 nitrogen and oxygen atoms in total. The smallest absolute Gasteiger partial charge is 0.0459 e. The fourth-order valence-electron chi connectivity index (χ4n) is 1.65. The number of hydrogen-bond donors (Lipinski definition) is 2. The Morgan fingerprint density at radius 1 is 1.36 bits per heavy atom. The zero-order chi connectivity index (χ0) is 9.97. The maximum Gasteiger partial charge on any atom is 0.0459 e. The van der Waals surface area contributed by atoms with Crippen LogP contribution in [0.5, 0.6) is 0 Å². The number of hydrogen-bond acceptors (Lipinski definition) is 2. The van der Waals surface area contributed by atoms with E-state index in [4.69, 9.17) is 11.6 Å². The lowest BCUT2D eigenvalue weighted by Crippen LogP contribution is -2.42. The van der Waals surface area contributed by atoms with Gasteiger partial charge in [-0.3, -0.25) is 0 Å². The van der Waals surface area contributed by atoms with Crippen molar-refractivity contribution < 1.29 is 0 Å². The molecule has 1 aliphatic heterocycles. The summed E-state index contributed by atoms with van der Waals surface area (Å²) in [6.45, 7) is 3.00. The molecule has 0 aliphatic carbocycles. The summed E-state index contributed by atoms with van der Waals surface area (Å²) in [7, 11) is 0. The van der Waals surface area contributed by atoms with Gasteiger partial charge in [0.05, 0.1) is 0 Å². The Hall–Kier alpha value is -0.0900. The van der Waals surface area contributed by atoms with Crippen LogP contribution in [0.3, 0.4) is 0 Å². The summed E-state index contributed by atoms with van der Waals surface area (Å²) >= 11 is 9.51. The standard InChI is InChI=1S/C10H12BrClN2/c11-9-2-1-7(12)5-8(9)10-6-13-3-4-14-10/h1-2,5,10,13-14H,3-4,6H2/t10-/m0/s1. The third-order valence-corrected chi connectivity index (χ3v) is 3.33. The van der Waals surface area contributed by atoms with Crippen LogP contribution >= 0.6 is 27.5 Å². The van der Waals surface area contributed by atoms with Crippen LogP contribution in [0, 0.1) is 0 Å². The van der Waals surface area contributed by atoms with Crippen LogP contribution in [-0.2, 0) is 0 Å². The predicted octanol–water partition coefficient (Wildman–Crippen LogP) is 2.34. The third-order valence-electron chi connectivity index (χ3n) is 2.37. The van der Waals surface area contributed by atoms with E-state index < -0.39 is 0 Å². The highest BCUT2D eigenvalue weighted by atomic mass is 79.9. The van der Waals surface area contributed by atoms with E-state index in [-0.39, 0.29) is 0 Å². The van der Waals surface area contributed by atoms with Crippen LogP contribution < -0.4 is 10.6 Å². The predicted molar refractivity (Wildman–Crippen MR) is 62.8 cm³/mol. The normalized spacial score (nSPS) is 22.3. The Labute approximate surface area is 97.2 Å². The molecule has 0 bridgehead atoms. The highest BCUT2D eigenvalue weighted by molar-refractivity contribution is 9.10. The van der Waals surface area contributed by atoms with Gasteiger partial charge in [0.2, 0.25) is 0 Å². The van der Waals surface area contributed by atoms with E-state index in [1.807, 2.05) is 18.2 Å². The summed E-state index contributed by atoms with van der Waals surface area (Å²) in [6, 6.07) is 6.26. The van der Waals surface area contributed by atoms with E-state index >= 15 is 0 Å². The molecule has 76 valence electrons. The topological polar surface area (TPSA) is 24.1 Å². The molecule has 4 heteroatoms. The van der Waals surface area contributed by atoms with Crippen molar-refractivity contribution >= 4 is 27.5 Å². The molecule has 1 heterocycles. The highest BCUT2D eigenvalue weighted by Gasteiger charge is 2.16. The van der Waals surface area contributed by atoms with Gasteiger partial charge in [0.25, 0.3) is 0 Å². The molecule has 0 spiro atoms. The van der Waals surface area contributed by atoms with Gasteiger partial charge in [-0.2, -0.15) is 0 Å². The van der Waals surface area contributed by atoms with Crippen LogP contribution in [0.15, 0.2) is 22.7 Å². The van der Waals surface area contributed by atoms with Crippen molar-refractivity contribution in [2.75, 3.05) is 19.6 Å². The molecule has 1 aliphatic rings. The minimum Gasteiger partial charge on any atom is -0.314 e. The van der Waals surface area contributed by atoms with Gasteiger partial charge >= 0.3 is 0 Å². The molecule has 0 radical (unpaired) electrons. The summed E-state index contributed by atoms with van der Waals surface area (Å²) in [5.41, 5.74) is 1.23. The van der Waals surface area contributed by atoms with E-state index in [1.165, 1.54) is 5.56 Å². The van der Waals surface area contributed by atoms with E-state index in [9.17, 15) is 0 Å². The van der Waals surface area contributed by atoms with Gasteiger partial charge in [-0.15, -0.1) is 0 Å². The average molecular weight is 276 g/mol. The molecule has 0 aromatic heterocycles. The van der Waals surface area contributed by atoms with Crippen LogP contribution in [0.2, 0.25) is 5.02 Å². The van der Waals surface area contributed by atoms with E-state index in [2.05, 4.69) is 26.6 Å². The Morgan fingerprint density at radius 3 is 2.93 bits per heavy atom. The van der Waals surface area contributed by atoms with Gasteiger partial charge in [-0.1, -0.05) is 27.5 Å². The largest absolute Gasteiger partial charge is 0.314 e. The fourth-order valence-corrected chi connectivity index (χ4v) is 2.36. The number of nitrogens with one attached hydrogen (secondary N) is 2. The molecular formula is C10H12BrClN2. The number of halogens is 2. The third kappa shape index (κ3) is 2.28. The summed E-state index contributed by atoms with van der Waals surface area (Å²) in [4.78, 5) is 0. The molecule has 1 aromatic carbocycles. The molecule has 2 N–H and O–H groups in total. The van der Waals surface area contributed by atoms with Crippen LogP contribution in [0.1, 0.15) is 11.6 Å². The lowest BCUT2D eigenvalue weighted by atomic mass is 10.1. The monoisotopic (exact) mass is 274 g/mol. The lowest BCUT2D eigenvalue weighted by Gasteiger charge is -2.25. The first-order valence-corrected chi connectivity index (χ1v) is 5.83. The van der Waals surface area contributed by atoms with Crippen molar-refractivity contribution in [3.8, 4) is 0 Å². The van der Waals surface area contributed by atoms with Gasteiger partial charge in [-0.25, -0.2) is 0 Å². The Bertz CT molecular complexity index is 324. The molecule has 14 heavy (non-hydrogen) atoms. The molecule has 0 unspecified atom stereocenters. The highest BCUT2D eigenvalue weighted by Crippen LogP contribution is 2.26. The molecular weight excluding hydrogens is 263 g/mol. The molecule has 1 fully saturated rings. The minimum atomic E-state index is 0.358. The minimum absolute atomic E-state index is 0.358. The molecule has 0 saturated carbocycles. The second kappa shape index (κ2) is 4.62. The molecule has 1 atom stereocenters.